The maximum absolute atomic E-state index is 8.74. The summed E-state index contributed by atoms with van der Waals surface area (Å²) in [7, 11) is -4.67. The van der Waals surface area contributed by atoms with Crippen LogP contribution in [0.25, 0.3) is 21.8 Å². The van der Waals surface area contributed by atoms with E-state index in [1.54, 1.807) is 0 Å². The third-order valence-electron chi connectivity index (χ3n) is 2.93. The summed E-state index contributed by atoms with van der Waals surface area (Å²) in [6.45, 7) is 4.25. The molecule has 0 saturated heterocycles. The lowest BCUT2D eigenvalue weighted by atomic mass is 10.3. The monoisotopic (exact) mass is 376 g/mol. The lowest BCUT2D eigenvalue weighted by Crippen LogP contribution is -1.89. The standard InChI is InChI=1S/2C8H7N.C3H8.H2O4S/c2*1-2-4-8-7(3-1)5-6-9-8;1-3-2;1-5(2,3)4/h2*1-6,9H;3H2,1-2H3;(H2,1,2,3,4). The largest absolute Gasteiger partial charge is 0.394 e. The number of aromatic amines is 2. The molecule has 140 valence electrons. The molecule has 4 aromatic rings. The lowest BCUT2D eigenvalue weighted by molar-refractivity contribution is 0.381. The number of hydrogen-bond acceptors (Lipinski definition) is 2. The first-order valence-electron chi connectivity index (χ1n) is 8.09. The quantitative estimate of drug-likeness (QED) is 0.320. The van der Waals surface area contributed by atoms with Gasteiger partial charge in [-0.2, -0.15) is 8.42 Å². The minimum atomic E-state index is -4.67. The Bertz CT molecular complexity index is 856. The summed E-state index contributed by atoms with van der Waals surface area (Å²) in [6.07, 6.45) is 5.15. The Labute approximate surface area is 153 Å². The van der Waals surface area contributed by atoms with E-state index in [1.807, 2.05) is 36.7 Å². The Hall–Kier alpha value is -2.61. The van der Waals surface area contributed by atoms with Gasteiger partial charge in [-0.1, -0.05) is 56.7 Å². The van der Waals surface area contributed by atoms with Crippen molar-refractivity contribution in [3.05, 3.63) is 73.1 Å². The Kier molecular flexibility index (Phi) is 9.14. The van der Waals surface area contributed by atoms with E-state index in [9.17, 15) is 0 Å². The van der Waals surface area contributed by atoms with Gasteiger partial charge in [0, 0.05) is 23.4 Å². The van der Waals surface area contributed by atoms with E-state index in [0.717, 1.165) is 0 Å². The summed E-state index contributed by atoms with van der Waals surface area (Å²) >= 11 is 0. The molecule has 0 radical (unpaired) electrons. The number of para-hydroxylation sites is 2. The van der Waals surface area contributed by atoms with Gasteiger partial charge in [0.05, 0.1) is 0 Å². The zero-order valence-corrected chi connectivity index (χ0v) is 15.6. The van der Waals surface area contributed by atoms with Gasteiger partial charge in [0.1, 0.15) is 0 Å². The zero-order valence-electron chi connectivity index (χ0n) is 14.8. The maximum Gasteiger partial charge on any atom is 0.394 e. The molecule has 4 rings (SSSR count). The van der Waals surface area contributed by atoms with Crippen LogP contribution in [0.2, 0.25) is 0 Å². The summed E-state index contributed by atoms with van der Waals surface area (Å²) in [5.41, 5.74) is 2.41. The van der Waals surface area contributed by atoms with Crippen LogP contribution in [0, 0.1) is 0 Å². The molecule has 2 aromatic heterocycles. The number of H-pyrrole nitrogens is 2. The van der Waals surface area contributed by atoms with Crippen LogP contribution in [0.1, 0.15) is 20.3 Å². The minimum absolute atomic E-state index is 1.21. The first kappa shape index (κ1) is 21.4. The highest BCUT2D eigenvalue weighted by atomic mass is 32.3. The predicted molar refractivity (Wildman–Crippen MR) is 107 cm³/mol. The molecule has 0 atom stereocenters. The number of rotatable bonds is 0. The van der Waals surface area contributed by atoms with Gasteiger partial charge < -0.3 is 9.97 Å². The van der Waals surface area contributed by atoms with E-state index in [1.165, 1.54) is 28.2 Å². The summed E-state index contributed by atoms with van der Waals surface area (Å²) in [6, 6.07) is 20.6. The van der Waals surface area contributed by atoms with Crippen molar-refractivity contribution in [1.82, 2.24) is 9.97 Å². The molecule has 0 aliphatic carbocycles. The Morgan fingerprint density at radius 2 is 1.04 bits per heavy atom. The van der Waals surface area contributed by atoms with Crippen molar-refractivity contribution in [1.29, 1.82) is 0 Å². The molecule has 7 heteroatoms. The number of nitrogens with one attached hydrogen (secondary N) is 2. The van der Waals surface area contributed by atoms with Crippen molar-refractivity contribution < 1.29 is 17.5 Å². The molecule has 0 amide bonds. The van der Waals surface area contributed by atoms with E-state index in [0.29, 0.717) is 0 Å². The van der Waals surface area contributed by atoms with Crippen LogP contribution in [0.3, 0.4) is 0 Å². The number of aromatic nitrogens is 2. The molecule has 6 nitrogen and oxygen atoms in total. The van der Waals surface area contributed by atoms with Crippen molar-refractivity contribution >= 4 is 32.2 Å². The summed E-state index contributed by atoms with van der Waals surface area (Å²) in [5.74, 6) is 0. The molecule has 0 bridgehead atoms. The van der Waals surface area contributed by atoms with Gasteiger partial charge in [-0.25, -0.2) is 0 Å². The fraction of sp³-hybridized carbons (Fsp3) is 0.158. The molecule has 4 N–H and O–H groups in total. The van der Waals surface area contributed by atoms with Crippen LogP contribution < -0.4 is 0 Å². The molecule has 2 aromatic carbocycles. The molecule has 0 saturated carbocycles. The number of benzene rings is 2. The van der Waals surface area contributed by atoms with Gasteiger partial charge in [-0.15, -0.1) is 0 Å². The highest BCUT2D eigenvalue weighted by Crippen LogP contribution is 2.09. The van der Waals surface area contributed by atoms with Gasteiger partial charge in [-0.3, -0.25) is 9.11 Å². The molecule has 0 aliphatic rings. The van der Waals surface area contributed by atoms with Gasteiger partial charge >= 0.3 is 10.4 Å². The minimum Gasteiger partial charge on any atom is -0.361 e. The van der Waals surface area contributed by atoms with Crippen LogP contribution in [0.5, 0.6) is 0 Å². The SMILES string of the molecule is CCC.O=S(=O)(O)O.c1ccc2[nH]ccc2c1.c1ccc2[nH]ccc2c1. The molecule has 0 fully saturated rings. The van der Waals surface area contributed by atoms with Crippen LogP contribution in [0.4, 0.5) is 0 Å². The van der Waals surface area contributed by atoms with Gasteiger partial charge in [-0.05, 0) is 35.0 Å². The van der Waals surface area contributed by atoms with Gasteiger partial charge in [0.25, 0.3) is 0 Å². The van der Waals surface area contributed by atoms with Gasteiger partial charge in [0.2, 0.25) is 0 Å². The molecular formula is C19H24N2O4S. The Morgan fingerprint density at radius 1 is 0.731 bits per heavy atom. The van der Waals surface area contributed by atoms with Crippen molar-refractivity contribution in [3.8, 4) is 0 Å². The predicted octanol–water partition coefficient (Wildman–Crippen LogP) is 5.10. The molecule has 2 heterocycles. The van der Waals surface area contributed by atoms with Gasteiger partial charge in [0.15, 0.2) is 0 Å². The maximum atomic E-state index is 8.74. The fourth-order valence-electron chi connectivity index (χ4n) is 1.99. The summed E-state index contributed by atoms with van der Waals surface area (Å²) in [4.78, 5) is 6.24. The average Bonchev–Trinajstić information content (AvgIpc) is 3.23. The van der Waals surface area contributed by atoms with E-state index in [2.05, 4.69) is 60.2 Å². The van der Waals surface area contributed by atoms with E-state index >= 15 is 0 Å². The molecule has 26 heavy (non-hydrogen) atoms. The van der Waals surface area contributed by atoms with Crippen molar-refractivity contribution in [2.45, 2.75) is 20.3 Å². The first-order valence-corrected chi connectivity index (χ1v) is 9.49. The highest BCUT2D eigenvalue weighted by Gasteiger charge is 1.87. The highest BCUT2D eigenvalue weighted by molar-refractivity contribution is 7.79. The molecule has 0 aliphatic heterocycles. The molecular weight excluding hydrogens is 352 g/mol. The number of hydrogen-bond donors (Lipinski definition) is 4. The third-order valence-corrected chi connectivity index (χ3v) is 2.93. The van der Waals surface area contributed by atoms with Crippen molar-refractivity contribution in [2.24, 2.45) is 0 Å². The fourth-order valence-corrected chi connectivity index (χ4v) is 1.99. The van der Waals surface area contributed by atoms with E-state index in [-0.39, 0.29) is 0 Å². The second-order valence-corrected chi connectivity index (χ2v) is 6.18. The third kappa shape index (κ3) is 9.03. The van der Waals surface area contributed by atoms with Crippen LogP contribution in [0.15, 0.2) is 73.1 Å². The zero-order chi connectivity index (χ0) is 19.4. The molecule has 0 spiro atoms. The van der Waals surface area contributed by atoms with E-state index in [4.69, 9.17) is 17.5 Å². The Morgan fingerprint density at radius 3 is 1.35 bits per heavy atom. The normalized spacial score (nSPS) is 10.0. The van der Waals surface area contributed by atoms with Crippen LogP contribution in [-0.2, 0) is 10.4 Å². The average molecular weight is 376 g/mol. The summed E-state index contributed by atoms with van der Waals surface area (Å²) in [5, 5.41) is 2.55. The van der Waals surface area contributed by atoms with Crippen molar-refractivity contribution in [3.63, 3.8) is 0 Å². The molecule has 0 unspecified atom stereocenters. The lowest BCUT2D eigenvalue weighted by Gasteiger charge is -1.83. The van der Waals surface area contributed by atoms with Crippen LogP contribution in [-0.4, -0.2) is 27.5 Å². The first-order chi connectivity index (χ1) is 12.3. The van der Waals surface area contributed by atoms with Crippen LogP contribution >= 0.6 is 0 Å². The topological polar surface area (TPSA) is 106 Å². The second-order valence-electron chi connectivity index (χ2n) is 5.28. The van der Waals surface area contributed by atoms with E-state index < -0.39 is 10.4 Å². The Balaban J connectivity index is 0.000000189. The van der Waals surface area contributed by atoms with Crippen molar-refractivity contribution in [2.75, 3.05) is 0 Å². The number of fused-ring (bicyclic) bond motifs is 2. The second kappa shape index (κ2) is 11.1. The smallest absolute Gasteiger partial charge is 0.361 e. The summed E-state index contributed by atoms with van der Waals surface area (Å²) < 4.78 is 31.6.